The third-order valence-electron chi connectivity index (χ3n) is 11.9. The van der Waals surface area contributed by atoms with E-state index in [1.54, 1.807) is 0 Å². The van der Waals surface area contributed by atoms with E-state index in [0.29, 0.717) is 23.3 Å². The molecule has 6 heteroatoms. The van der Waals surface area contributed by atoms with E-state index in [1.807, 2.05) is 60.7 Å². The predicted molar refractivity (Wildman–Crippen MR) is 264 cm³/mol. The van der Waals surface area contributed by atoms with Crippen LogP contribution in [0.3, 0.4) is 0 Å². The average molecular weight is 832 g/mol. The molecule has 0 amide bonds. The van der Waals surface area contributed by atoms with Gasteiger partial charge in [-0.1, -0.05) is 182 Å². The number of hydrogen-bond donors (Lipinski definition) is 0. The second-order valence-electron chi connectivity index (χ2n) is 16.1. The number of furan rings is 1. The molecular weight excluding hydrogens is 795 g/mol. The quantitative estimate of drug-likeness (QED) is 0.152. The summed E-state index contributed by atoms with van der Waals surface area (Å²) in [5, 5.41) is 4.45. The molecule has 3 heterocycles. The van der Waals surface area contributed by atoms with E-state index in [4.69, 9.17) is 29.3 Å². The van der Waals surface area contributed by atoms with E-state index in [9.17, 15) is 0 Å². The molecule has 0 spiro atoms. The molecule has 0 aliphatic rings. The highest BCUT2D eigenvalue weighted by Crippen LogP contribution is 2.36. The Labute approximate surface area is 375 Å². The SMILES string of the molecule is c1ccc(-c2ccc(-c3nc(-c4ccccc4)cc(-c4cccc(-c5cccc(-c6nc(-c7ccccc7)nc(-c7ccc8c(c7)oc7cc9ccccc9cc78)n6)c5)c4)n3)cc2)cc1. The van der Waals surface area contributed by atoms with Crippen molar-refractivity contribution < 1.29 is 4.42 Å². The minimum Gasteiger partial charge on any atom is -0.456 e. The summed E-state index contributed by atoms with van der Waals surface area (Å²) in [4.78, 5) is 25.5. The molecule has 0 unspecified atom stereocenters. The minimum absolute atomic E-state index is 0.567. The first-order valence-corrected chi connectivity index (χ1v) is 21.6. The van der Waals surface area contributed by atoms with Crippen LogP contribution in [0.4, 0.5) is 0 Å². The van der Waals surface area contributed by atoms with Crippen molar-refractivity contribution in [3.05, 3.63) is 224 Å². The molecule has 0 aliphatic carbocycles. The van der Waals surface area contributed by atoms with Gasteiger partial charge in [-0.15, -0.1) is 0 Å². The molecule has 0 fully saturated rings. The maximum Gasteiger partial charge on any atom is 0.164 e. The van der Waals surface area contributed by atoms with Gasteiger partial charge in [0.05, 0.1) is 11.4 Å². The van der Waals surface area contributed by atoms with Crippen LogP contribution >= 0.6 is 0 Å². The van der Waals surface area contributed by atoms with E-state index in [1.165, 1.54) is 10.9 Å². The molecule has 0 bridgehead atoms. The van der Waals surface area contributed by atoms with Gasteiger partial charge in [-0.05, 0) is 75.5 Å². The van der Waals surface area contributed by atoms with E-state index in [-0.39, 0.29) is 0 Å². The number of nitrogens with zero attached hydrogens (tertiary/aromatic N) is 5. The molecule has 12 rings (SSSR count). The van der Waals surface area contributed by atoms with Crippen molar-refractivity contribution in [2.24, 2.45) is 0 Å². The second-order valence-corrected chi connectivity index (χ2v) is 16.1. The van der Waals surface area contributed by atoms with Gasteiger partial charge in [0.1, 0.15) is 11.2 Å². The fourth-order valence-electron chi connectivity index (χ4n) is 8.57. The molecule has 0 aliphatic heterocycles. The highest BCUT2D eigenvalue weighted by molar-refractivity contribution is 6.10. The van der Waals surface area contributed by atoms with Crippen LogP contribution in [0.5, 0.6) is 0 Å². The van der Waals surface area contributed by atoms with Gasteiger partial charge < -0.3 is 4.42 Å². The van der Waals surface area contributed by atoms with Crippen molar-refractivity contribution in [3.8, 4) is 90.3 Å². The predicted octanol–water partition coefficient (Wildman–Crippen LogP) is 15.1. The zero-order valence-corrected chi connectivity index (χ0v) is 35.0. The van der Waals surface area contributed by atoms with Crippen molar-refractivity contribution in [2.75, 3.05) is 0 Å². The monoisotopic (exact) mass is 831 g/mol. The Balaban J connectivity index is 0.923. The Hall–Kier alpha value is -8.87. The molecule has 12 aromatic rings. The van der Waals surface area contributed by atoms with Gasteiger partial charge in [0.2, 0.25) is 0 Å². The first-order valence-electron chi connectivity index (χ1n) is 21.6. The maximum atomic E-state index is 6.46. The van der Waals surface area contributed by atoms with Crippen LogP contribution in [0.25, 0.3) is 123 Å². The topological polar surface area (TPSA) is 77.6 Å². The van der Waals surface area contributed by atoms with Crippen LogP contribution in [0.1, 0.15) is 0 Å². The Morgan fingerprint density at radius 1 is 0.231 bits per heavy atom. The molecule has 304 valence electrons. The lowest BCUT2D eigenvalue weighted by Crippen LogP contribution is -2.00. The van der Waals surface area contributed by atoms with Crippen LogP contribution < -0.4 is 0 Å². The summed E-state index contributed by atoms with van der Waals surface area (Å²) in [5.74, 6) is 2.41. The van der Waals surface area contributed by atoms with Crippen molar-refractivity contribution in [2.45, 2.75) is 0 Å². The third-order valence-corrected chi connectivity index (χ3v) is 11.9. The van der Waals surface area contributed by atoms with Crippen LogP contribution in [0.2, 0.25) is 0 Å². The summed E-state index contributed by atoms with van der Waals surface area (Å²) in [5.41, 5.74) is 13.3. The smallest absolute Gasteiger partial charge is 0.164 e. The molecular formula is C59H37N5O. The Morgan fingerprint density at radius 2 is 0.646 bits per heavy atom. The summed E-state index contributed by atoms with van der Waals surface area (Å²) in [6.07, 6.45) is 0. The second kappa shape index (κ2) is 16.1. The van der Waals surface area contributed by atoms with Crippen LogP contribution in [-0.2, 0) is 0 Å². The lowest BCUT2D eigenvalue weighted by Gasteiger charge is -2.12. The first kappa shape index (κ1) is 37.9. The van der Waals surface area contributed by atoms with Crippen molar-refractivity contribution in [1.82, 2.24) is 24.9 Å². The zero-order valence-electron chi connectivity index (χ0n) is 35.0. The van der Waals surface area contributed by atoms with Crippen LogP contribution in [0.15, 0.2) is 229 Å². The van der Waals surface area contributed by atoms with Gasteiger partial charge in [0.15, 0.2) is 23.3 Å². The fraction of sp³-hybridized carbons (Fsp3) is 0. The molecule has 0 radical (unpaired) electrons. The molecule has 0 saturated carbocycles. The maximum absolute atomic E-state index is 6.46. The highest BCUT2D eigenvalue weighted by Gasteiger charge is 2.17. The molecule has 0 N–H and O–H groups in total. The van der Waals surface area contributed by atoms with Gasteiger partial charge in [0.25, 0.3) is 0 Å². The molecule has 65 heavy (non-hydrogen) atoms. The summed E-state index contributed by atoms with van der Waals surface area (Å²) in [7, 11) is 0. The number of rotatable bonds is 8. The van der Waals surface area contributed by atoms with Gasteiger partial charge >= 0.3 is 0 Å². The molecule has 6 nitrogen and oxygen atoms in total. The lowest BCUT2D eigenvalue weighted by molar-refractivity contribution is 0.669. The van der Waals surface area contributed by atoms with E-state index in [0.717, 1.165) is 88.8 Å². The van der Waals surface area contributed by atoms with Crippen molar-refractivity contribution in [3.63, 3.8) is 0 Å². The summed E-state index contributed by atoms with van der Waals surface area (Å²) in [6.45, 7) is 0. The number of aromatic nitrogens is 5. The van der Waals surface area contributed by atoms with Crippen molar-refractivity contribution >= 4 is 32.7 Å². The standard InChI is InChI=1S/C59H37N5O/c1-4-14-38(15-5-1)39-26-28-42(29-27-39)56-60-52(40-16-6-2-7-17-40)37-53(61-56)47-24-12-22-43(32-47)44-23-13-25-48(33-44)58-62-57(41-18-8-3-9-19-41)63-59(64-58)49-30-31-50-51-34-45-20-10-11-21-46(45)35-55(51)65-54(50)36-49/h1-37H. The van der Waals surface area contributed by atoms with Gasteiger partial charge in [0, 0.05) is 44.2 Å². The normalized spacial score (nSPS) is 11.4. The summed E-state index contributed by atoms with van der Waals surface area (Å²) in [6, 6.07) is 77.1. The first-order chi connectivity index (χ1) is 32.1. The zero-order chi connectivity index (χ0) is 43.1. The largest absolute Gasteiger partial charge is 0.456 e. The van der Waals surface area contributed by atoms with E-state index in [2.05, 4.69) is 164 Å². The van der Waals surface area contributed by atoms with Gasteiger partial charge in [-0.25, -0.2) is 24.9 Å². The number of fused-ring (bicyclic) bond motifs is 4. The lowest BCUT2D eigenvalue weighted by atomic mass is 9.99. The molecule has 0 saturated heterocycles. The molecule has 3 aromatic heterocycles. The fourth-order valence-corrected chi connectivity index (χ4v) is 8.57. The van der Waals surface area contributed by atoms with Crippen LogP contribution in [0, 0.1) is 0 Å². The van der Waals surface area contributed by atoms with Gasteiger partial charge in [-0.2, -0.15) is 0 Å². The highest BCUT2D eigenvalue weighted by atomic mass is 16.3. The Morgan fingerprint density at radius 3 is 1.32 bits per heavy atom. The third kappa shape index (κ3) is 7.39. The molecule has 0 atom stereocenters. The Bertz CT molecular complexity index is 3700. The minimum atomic E-state index is 0.567. The molecule has 9 aromatic carbocycles. The van der Waals surface area contributed by atoms with E-state index >= 15 is 0 Å². The summed E-state index contributed by atoms with van der Waals surface area (Å²) < 4.78 is 6.46. The summed E-state index contributed by atoms with van der Waals surface area (Å²) >= 11 is 0. The van der Waals surface area contributed by atoms with E-state index < -0.39 is 0 Å². The average Bonchev–Trinajstić information content (AvgIpc) is 3.75. The van der Waals surface area contributed by atoms with Crippen LogP contribution in [-0.4, -0.2) is 24.9 Å². The van der Waals surface area contributed by atoms with Gasteiger partial charge in [-0.3, -0.25) is 0 Å². The number of hydrogen-bond acceptors (Lipinski definition) is 6. The Kier molecular flexibility index (Phi) is 9.38. The van der Waals surface area contributed by atoms with Crippen molar-refractivity contribution in [1.29, 1.82) is 0 Å². The number of benzene rings is 9.